The second kappa shape index (κ2) is 6.16. The minimum absolute atomic E-state index is 0.139. The van der Waals surface area contributed by atoms with Crippen molar-refractivity contribution in [1.82, 2.24) is 10.6 Å². The van der Waals surface area contributed by atoms with E-state index in [0.717, 1.165) is 23.8 Å². The van der Waals surface area contributed by atoms with E-state index in [9.17, 15) is 4.79 Å². The van der Waals surface area contributed by atoms with Gasteiger partial charge in [0.1, 0.15) is 0 Å². The van der Waals surface area contributed by atoms with E-state index in [1.807, 2.05) is 0 Å². The van der Waals surface area contributed by atoms with Crippen LogP contribution in [0.3, 0.4) is 0 Å². The molecule has 5 heteroatoms. The molecule has 0 aromatic rings. The Kier molecular flexibility index (Phi) is 4.76. The molecule has 0 radical (unpaired) electrons. The molecule has 0 aromatic carbocycles. The number of hydrogen-bond acceptors (Lipinski definition) is 3. The smallest absolute Gasteiger partial charge is 0.222 e. The monoisotopic (exact) mass is 283 g/mol. The number of aliphatic imine (C=N–C) groups is 1. The van der Waals surface area contributed by atoms with Crippen LogP contribution in [0.25, 0.3) is 0 Å². The van der Waals surface area contributed by atoms with Crippen molar-refractivity contribution in [1.29, 1.82) is 0 Å². The van der Waals surface area contributed by atoms with Crippen molar-refractivity contribution >= 4 is 22.8 Å². The van der Waals surface area contributed by atoms with Gasteiger partial charge in [-0.25, -0.2) is 0 Å². The van der Waals surface area contributed by atoms with Crippen molar-refractivity contribution in [3.8, 4) is 0 Å². The molecule has 1 unspecified atom stereocenters. The normalized spacial score (nSPS) is 26.1. The molecular weight excluding hydrogens is 258 g/mol. The summed E-state index contributed by atoms with van der Waals surface area (Å²) in [7, 11) is 0. The third-order valence-corrected chi connectivity index (χ3v) is 4.49. The summed E-state index contributed by atoms with van der Waals surface area (Å²) >= 11 is 1.77. The molecule has 19 heavy (non-hydrogen) atoms. The highest BCUT2D eigenvalue weighted by molar-refractivity contribution is 8.13. The van der Waals surface area contributed by atoms with E-state index in [1.165, 1.54) is 6.42 Å². The Balaban J connectivity index is 1.73. The van der Waals surface area contributed by atoms with Gasteiger partial charge >= 0.3 is 0 Å². The molecule has 2 aliphatic rings. The van der Waals surface area contributed by atoms with E-state index in [-0.39, 0.29) is 11.3 Å². The van der Waals surface area contributed by atoms with Gasteiger partial charge in [0.25, 0.3) is 0 Å². The van der Waals surface area contributed by atoms with Gasteiger partial charge in [-0.3, -0.25) is 9.79 Å². The van der Waals surface area contributed by atoms with Crippen molar-refractivity contribution in [2.75, 3.05) is 12.3 Å². The summed E-state index contributed by atoms with van der Waals surface area (Å²) in [5, 5.41) is 7.50. The molecule has 1 aliphatic heterocycles. The highest BCUT2D eigenvalue weighted by Crippen LogP contribution is 2.27. The molecular formula is C14H25N3OS. The Bertz CT molecular complexity index is 358. The lowest BCUT2D eigenvalue weighted by Crippen LogP contribution is -2.46. The van der Waals surface area contributed by atoms with E-state index >= 15 is 0 Å². The van der Waals surface area contributed by atoms with Crippen LogP contribution in [0.2, 0.25) is 0 Å². The maximum Gasteiger partial charge on any atom is 0.222 e. The van der Waals surface area contributed by atoms with Crippen molar-refractivity contribution < 1.29 is 4.79 Å². The molecule has 1 heterocycles. The van der Waals surface area contributed by atoms with E-state index < -0.39 is 0 Å². The van der Waals surface area contributed by atoms with Crippen LogP contribution in [0, 0.1) is 5.41 Å². The zero-order valence-electron chi connectivity index (χ0n) is 12.2. The predicted molar refractivity (Wildman–Crippen MR) is 81.5 cm³/mol. The van der Waals surface area contributed by atoms with Crippen LogP contribution in [-0.4, -0.2) is 35.5 Å². The highest BCUT2D eigenvalue weighted by Gasteiger charge is 2.28. The molecule has 0 spiro atoms. The molecule has 0 bridgehead atoms. The fourth-order valence-corrected chi connectivity index (χ4v) is 3.02. The molecule has 2 rings (SSSR count). The van der Waals surface area contributed by atoms with E-state index in [2.05, 4.69) is 36.4 Å². The molecule has 1 saturated carbocycles. The second-order valence-electron chi connectivity index (χ2n) is 6.48. The number of carbonyl (C=O) groups excluding carboxylic acids is 1. The van der Waals surface area contributed by atoms with Crippen LogP contribution in [0.15, 0.2) is 4.99 Å². The number of hydrogen-bond donors (Lipinski definition) is 2. The number of carbonyl (C=O) groups is 1. The molecule has 1 amide bonds. The zero-order valence-corrected chi connectivity index (χ0v) is 13.0. The molecule has 2 N–H and O–H groups in total. The average Bonchev–Trinajstić information content (AvgIpc) is 3.12. The van der Waals surface area contributed by atoms with Gasteiger partial charge in [0.15, 0.2) is 5.17 Å². The fraction of sp³-hybridized carbons (Fsp3) is 0.857. The first-order valence-corrected chi connectivity index (χ1v) is 8.17. The Hall–Kier alpha value is -0.710. The van der Waals surface area contributed by atoms with E-state index in [4.69, 9.17) is 0 Å². The maximum atomic E-state index is 11.6. The molecule has 1 aliphatic carbocycles. The molecule has 0 aromatic heterocycles. The predicted octanol–water partition coefficient (Wildman–Crippen LogP) is 2.15. The number of nitrogens with zero attached hydrogens (tertiary/aromatic N) is 1. The number of rotatable bonds is 4. The fourth-order valence-electron chi connectivity index (χ4n) is 2.06. The van der Waals surface area contributed by atoms with Crippen molar-refractivity contribution in [2.45, 2.75) is 58.5 Å². The first kappa shape index (κ1) is 14.7. The van der Waals surface area contributed by atoms with Crippen LogP contribution < -0.4 is 10.6 Å². The molecule has 2 fully saturated rings. The third kappa shape index (κ3) is 5.05. The van der Waals surface area contributed by atoms with Crippen molar-refractivity contribution in [3.63, 3.8) is 0 Å². The second-order valence-corrected chi connectivity index (χ2v) is 7.56. The SMILES string of the molecule is CC(C)(C)C1CCSC(=NCCC(=O)NC2CC2)N1. The Labute approximate surface area is 120 Å². The summed E-state index contributed by atoms with van der Waals surface area (Å²) in [6.45, 7) is 7.34. The van der Waals surface area contributed by atoms with Gasteiger partial charge in [-0.15, -0.1) is 0 Å². The summed E-state index contributed by atoms with van der Waals surface area (Å²) < 4.78 is 0. The van der Waals surface area contributed by atoms with E-state index in [1.54, 1.807) is 11.8 Å². The van der Waals surface area contributed by atoms with Gasteiger partial charge in [0, 0.05) is 24.3 Å². The number of thioether (sulfide) groups is 1. The average molecular weight is 283 g/mol. The highest BCUT2D eigenvalue weighted by atomic mass is 32.2. The molecule has 1 saturated heterocycles. The Morgan fingerprint density at radius 3 is 2.79 bits per heavy atom. The van der Waals surface area contributed by atoms with Crippen LogP contribution in [-0.2, 0) is 4.79 Å². The Morgan fingerprint density at radius 2 is 2.16 bits per heavy atom. The minimum atomic E-state index is 0.139. The minimum Gasteiger partial charge on any atom is -0.362 e. The summed E-state index contributed by atoms with van der Waals surface area (Å²) in [6.07, 6.45) is 3.97. The van der Waals surface area contributed by atoms with Crippen molar-refractivity contribution in [2.24, 2.45) is 10.4 Å². The van der Waals surface area contributed by atoms with Gasteiger partial charge in [0.2, 0.25) is 5.91 Å². The molecule has 1 atom stereocenters. The Morgan fingerprint density at radius 1 is 1.42 bits per heavy atom. The summed E-state index contributed by atoms with van der Waals surface area (Å²) in [5.41, 5.74) is 0.255. The van der Waals surface area contributed by atoms with Gasteiger partial charge in [-0.05, 0) is 24.7 Å². The van der Waals surface area contributed by atoms with Crippen LogP contribution in [0.5, 0.6) is 0 Å². The lowest BCUT2D eigenvalue weighted by molar-refractivity contribution is -0.121. The topological polar surface area (TPSA) is 53.5 Å². The van der Waals surface area contributed by atoms with Crippen LogP contribution in [0.1, 0.15) is 46.5 Å². The van der Waals surface area contributed by atoms with Gasteiger partial charge in [-0.1, -0.05) is 32.5 Å². The molecule has 4 nitrogen and oxygen atoms in total. The zero-order chi connectivity index (χ0) is 13.9. The standard InChI is InChI=1S/C14H25N3OS/c1-14(2,3)11-7-9-19-13(17-11)15-8-6-12(18)16-10-4-5-10/h10-11H,4-9H2,1-3H3,(H,15,17)(H,16,18). The lowest BCUT2D eigenvalue weighted by atomic mass is 9.85. The largest absolute Gasteiger partial charge is 0.362 e. The maximum absolute atomic E-state index is 11.6. The third-order valence-electron chi connectivity index (χ3n) is 3.53. The van der Waals surface area contributed by atoms with Crippen molar-refractivity contribution in [3.05, 3.63) is 0 Å². The number of amides is 1. The lowest BCUT2D eigenvalue weighted by Gasteiger charge is -2.35. The summed E-state index contributed by atoms with van der Waals surface area (Å²) in [4.78, 5) is 16.1. The number of amidine groups is 1. The van der Waals surface area contributed by atoms with E-state index in [0.29, 0.717) is 25.0 Å². The quantitative estimate of drug-likeness (QED) is 0.831. The molecule has 108 valence electrons. The van der Waals surface area contributed by atoms with Gasteiger partial charge in [-0.2, -0.15) is 0 Å². The van der Waals surface area contributed by atoms with Gasteiger partial charge < -0.3 is 10.6 Å². The number of nitrogens with one attached hydrogen (secondary N) is 2. The van der Waals surface area contributed by atoms with Crippen LogP contribution >= 0.6 is 11.8 Å². The van der Waals surface area contributed by atoms with Gasteiger partial charge in [0.05, 0.1) is 6.54 Å². The van der Waals surface area contributed by atoms with Crippen LogP contribution in [0.4, 0.5) is 0 Å². The summed E-state index contributed by atoms with van der Waals surface area (Å²) in [5.74, 6) is 1.25. The first-order chi connectivity index (χ1) is 8.95. The first-order valence-electron chi connectivity index (χ1n) is 7.18. The summed E-state index contributed by atoms with van der Waals surface area (Å²) in [6, 6.07) is 0.931.